The first-order valence-corrected chi connectivity index (χ1v) is 5.47. The van der Waals surface area contributed by atoms with E-state index in [1.165, 1.54) is 0 Å². The highest BCUT2D eigenvalue weighted by molar-refractivity contribution is 5.95. The van der Waals surface area contributed by atoms with E-state index in [2.05, 4.69) is 5.32 Å². The molecule has 19 heavy (non-hydrogen) atoms. The average molecular weight is 269 g/mol. The number of imide groups is 1. The molecular formula is C11H15N3O5. The van der Waals surface area contributed by atoms with Crippen molar-refractivity contribution >= 4 is 18.1 Å². The van der Waals surface area contributed by atoms with Crippen LogP contribution in [-0.4, -0.2) is 45.8 Å². The molecule has 1 aromatic rings. The first-order chi connectivity index (χ1) is 8.99. The number of nitrogens with zero attached hydrogens (tertiary/aromatic N) is 1. The average Bonchev–Trinajstić information content (AvgIpc) is 2.36. The van der Waals surface area contributed by atoms with E-state index >= 15 is 0 Å². The Morgan fingerprint density at radius 3 is 2.37 bits per heavy atom. The lowest BCUT2D eigenvalue weighted by Crippen LogP contribution is -2.35. The minimum Gasteiger partial charge on any atom is -0.504 e. The molecule has 0 bridgehead atoms. The lowest BCUT2D eigenvalue weighted by molar-refractivity contribution is -0.115. The zero-order valence-electron chi connectivity index (χ0n) is 10.0. The van der Waals surface area contributed by atoms with Crippen molar-refractivity contribution in [1.29, 1.82) is 0 Å². The quantitative estimate of drug-likeness (QED) is 0.293. The van der Waals surface area contributed by atoms with Crippen LogP contribution in [0.2, 0.25) is 0 Å². The van der Waals surface area contributed by atoms with Gasteiger partial charge in [0, 0.05) is 18.7 Å². The van der Waals surface area contributed by atoms with Gasteiger partial charge in [-0.3, -0.25) is 9.69 Å². The number of anilines is 1. The van der Waals surface area contributed by atoms with Gasteiger partial charge in [0.2, 0.25) is 6.41 Å². The number of hydrogen-bond acceptors (Lipinski definition) is 6. The van der Waals surface area contributed by atoms with Crippen LogP contribution in [-0.2, 0) is 4.79 Å². The van der Waals surface area contributed by atoms with Crippen molar-refractivity contribution in [1.82, 2.24) is 4.90 Å². The van der Waals surface area contributed by atoms with Gasteiger partial charge < -0.3 is 26.4 Å². The number of phenolic OH excluding ortho intramolecular Hbond substituents is 3. The second kappa shape index (κ2) is 6.45. The molecule has 0 heterocycles. The molecule has 0 fully saturated rings. The van der Waals surface area contributed by atoms with E-state index in [0.717, 1.165) is 17.0 Å². The first kappa shape index (κ1) is 14.6. The number of phenols is 3. The summed E-state index contributed by atoms with van der Waals surface area (Å²) in [7, 11) is 0. The molecule has 0 saturated heterocycles. The maximum atomic E-state index is 11.7. The van der Waals surface area contributed by atoms with Crippen molar-refractivity contribution in [2.45, 2.75) is 6.42 Å². The van der Waals surface area contributed by atoms with Crippen LogP contribution < -0.4 is 11.1 Å². The summed E-state index contributed by atoms with van der Waals surface area (Å²) in [6.45, 7) is 0.486. The van der Waals surface area contributed by atoms with E-state index in [4.69, 9.17) is 10.8 Å². The van der Waals surface area contributed by atoms with Crippen molar-refractivity contribution in [3.63, 3.8) is 0 Å². The number of carbonyl (C=O) groups excluding carboxylic acids is 2. The SMILES string of the molecule is NCCCN(C=O)C(=O)Nc1cc(O)c(O)c(O)c1. The van der Waals surface area contributed by atoms with Crippen LogP contribution in [0.15, 0.2) is 12.1 Å². The molecular weight excluding hydrogens is 254 g/mol. The van der Waals surface area contributed by atoms with Crippen molar-refractivity contribution in [3.05, 3.63) is 12.1 Å². The zero-order chi connectivity index (χ0) is 14.4. The van der Waals surface area contributed by atoms with Gasteiger partial charge in [0.25, 0.3) is 0 Å². The van der Waals surface area contributed by atoms with Gasteiger partial charge in [-0.05, 0) is 13.0 Å². The second-order valence-corrected chi connectivity index (χ2v) is 3.73. The maximum absolute atomic E-state index is 11.7. The van der Waals surface area contributed by atoms with Gasteiger partial charge in [-0.2, -0.15) is 0 Å². The standard InChI is InChI=1S/C11H15N3O5/c12-2-1-3-14(6-15)11(19)13-7-4-8(16)10(18)9(17)5-7/h4-6,16-18H,1-3,12H2,(H,13,19). The lowest BCUT2D eigenvalue weighted by Gasteiger charge is -2.16. The number of amides is 3. The van der Waals surface area contributed by atoms with Gasteiger partial charge in [-0.1, -0.05) is 0 Å². The van der Waals surface area contributed by atoms with Gasteiger partial charge in [-0.25, -0.2) is 4.79 Å². The van der Waals surface area contributed by atoms with E-state index in [1.54, 1.807) is 0 Å². The predicted molar refractivity (Wildman–Crippen MR) is 66.9 cm³/mol. The molecule has 0 unspecified atom stereocenters. The van der Waals surface area contributed by atoms with Crippen LogP contribution >= 0.6 is 0 Å². The van der Waals surface area contributed by atoms with E-state index in [1.807, 2.05) is 0 Å². The van der Waals surface area contributed by atoms with Crippen molar-refractivity contribution in [2.24, 2.45) is 5.73 Å². The minimum atomic E-state index is -0.729. The van der Waals surface area contributed by atoms with Gasteiger partial charge in [-0.15, -0.1) is 0 Å². The molecule has 8 nitrogen and oxygen atoms in total. The zero-order valence-corrected chi connectivity index (χ0v) is 10.0. The highest BCUT2D eigenvalue weighted by atomic mass is 16.3. The molecule has 0 saturated carbocycles. The largest absolute Gasteiger partial charge is 0.504 e. The number of urea groups is 1. The molecule has 3 amide bonds. The molecule has 0 aliphatic carbocycles. The van der Waals surface area contributed by atoms with Gasteiger partial charge >= 0.3 is 6.03 Å². The van der Waals surface area contributed by atoms with Gasteiger partial charge in [0.1, 0.15) is 0 Å². The molecule has 0 spiro atoms. The van der Waals surface area contributed by atoms with E-state index in [-0.39, 0.29) is 12.2 Å². The predicted octanol–water partition coefficient (Wildman–Crippen LogP) is 0.143. The molecule has 0 atom stereocenters. The number of benzene rings is 1. The third-order valence-corrected chi connectivity index (χ3v) is 2.31. The normalized spacial score (nSPS) is 9.95. The van der Waals surface area contributed by atoms with Crippen molar-refractivity contribution < 1.29 is 24.9 Å². The van der Waals surface area contributed by atoms with E-state index in [9.17, 15) is 19.8 Å². The fourth-order valence-electron chi connectivity index (χ4n) is 1.34. The smallest absolute Gasteiger partial charge is 0.328 e. The fourth-order valence-corrected chi connectivity index (χ4v) is 1.34. The third-order valence-electron chi connectivity index (χ3n) is 2.31. The molecule has 0 aromatic heterocycles. The first-order valence-electron chi connectivity index (χ1n) is 5.47. The molecule has 0 radical (unpaired) electrons. The molecule has 1 rings (SSSR count). The number of aromatic hydroxyl groups is 3. The minimum absolute atomic E-state index is 0.0393. The van der Waals surface area contributed by atoms with Crippen LogP contribution in [0.3, 0.4) is 0 Å². The van der Waals surface area contributed by atoms with Crippen LogP contribution in [0.4, 0.5) is 10.5 Å². The number of rotatable bonds is 5. The highest BCUT2D eigenvalue weighted by Gasteiger charge is 2.14. The Kier molecular flexibility index (Phi) is 4.95. The summed E-state index contributed by atoms with van der Waals surface area (Å²) in [6.07, 6.45) is 0.809. The topological polar surface area (TPSA) is 136 Å². The fraction of sp³-hybridized carbons (Fsp3) is 0.273. The summed E-state index contributed by atoms with van der Waals surface area (Å²) in [6, 6.07) is 1.35. The summed E-state index contributed by atoms with van der Waals surface area (Å²) < 4.78 is 0. The Hall–Kier alpha value is -2.48. The molecule has 0 aliphatic heterocycles. The van der Waals surface area contributed by atoms with E-state index < -0.39 is 23.3 Å². The van der Waals surface area contributed by atoms with Crippen LogP contribution in [0.25, 0.3) is 0 Å². The van der Waals surface area contributed by atoms with Crippen LogP contribution in [0.5, 0.6) is 17.2 Å². The Balaban J connectivity index is 2.78. The van der Waals surface area contributed by atoms with Gasteiger partial charge in [0.05, 0.1) is 5.69 Å². The summed E-state index contributed by atoms with van der Waals surface area (Å²) in [5.41, 5.74) is 5.31. The van der Waals surface area contributed by atoms with Crippen molar-refractivity contribution in [2.75, 3.05) is 18.4 Å². The number of nitrogens with two attached hydrogens (primary N) is 1. The highest BCUT2D eigenvalue weighted by Crippen LogP contribution is 2.37. The lowest BCUT2D eigenvalue weighted by atomic mass is 10.2. The van der Waals surface area contributed by atoms with Crippen LogP contribution in [0.1, 0.15) is 6.42 Å². The Morgan fingerprint density at radius 2 is 1.89 bits per heavy atom. The molecule has 8 heteroatoms. The summed E-state index contributed by atoms with van der Waals surface area (Å²) in [5, 5.41) is 30.0. The molecule has 0 aliphatic rings. The second-order valence-electron chi connectivity index (χ2n) is 3.73. The molecule has 6 N–H and O–H groups in total. The Bertz CT molecular complexity index is 454. The number of nitrogens with one attached hydrogen (secondary N) is 1. The summed E-state index contributed by atoms with van der Waals surface area (Å²) >= 11 is 0. The molecule has 1 aromatic carbocycles. The Morgan fingerprint density at radius 1 is 1.32 bits per heavy atom. The maximum Gasteiger partial charge on any atom is 0.328 e. The number of hydrogen-bond donors (Lipinski definition) is 5. The monoisotopic (exact) mass is 269 g/mol. The summed E-state index contributed by atoms with van der Waals surface area (Å²) in [4.78, 5) is 23.3. The van der Waals surface area contributed by atoms with E-state index in [0.29, 0.717) is 19.4 Å². The summed E-state index contributed by atoms with van der Waals surface area (Å²) in [5.74, 6) is -1.86. The third kappa shape index (κ3) is 3.75. The molecule has 104 valence electrons. The van der Waals surface area contributed by atoms with Crippen LogP contribution in [0, 0.1) is 0 Å². The Labute approximate surface area is 109 Å². The van der Waals surface area contributed by atoms with Gasteiger partial charge in [0.15, 0.2) is 17.2 Å². The number of carbonyl (C=O) groups is 2. The van der Waals surface area contributed by atoms with Crippen molar-refractivity contribution in [3.8, 4) is 17.2 Å².